The standard InChI is InChI=1S/C20H20O/c1-13(20(2,3)4)14-5-6-15-11-18-12-19(21)8-7-16(18)10-17(15)9-14/h5-13H,1H2,2-4H3/p+1. The maximum Gasteiger partial charge on any atom is 0.125 e. The van der Waals surface area contributed by atoms with Gasteiger partial charge in [0.2, 0.25) is 0 Å². The summed E-state index contributed by atoms with van der Waals surface area (Å²) in [7, 11) is 0. The van der Waals surface area contributed by atoms with Crippen LogP contribution in [0.3, 0.4) is 0 Å². The van der Waals surface area contributed by atoms with Gasteiger partial charge in [-0.3, -0.25) is 0 Å². The van der Waals surface area contributed by atoms with Crippen LogP contribution in [0.25, 0.3) is 21.5 Å². The number of phenols is 1. The third-order valence-corrected chi connectivity index (χ3v) is 4.25. The second kappa shape index (κ2) is 4.70. The Hall–Kier alpha value is -2.15. The number of hydrogen-bond acceptors (Lipinski definition) is 1. The Morgan fingerprint density at radius 2 is 1.38 bits per heavy atom. The number of hydrogen-bond donors (Lipinski definition) is 1. The zero-order valence-electron chi connectivity index (χ0n) is 12.9. The van der Waals surface area contributed by atoms with Crippen LogP contribution in [0.2, 0.25) is 0 Å². The highest BCUT2D eigenvalue weighted by atomic mass is 16.3. The molecule has 0 aliphatic heterocycles. The van der Waals surface area contributed by atoms with Gasteiger partial charge in [0.25, 0.3) is 0 Å². The molecule has 1 unspecified atom stereocenters. The molecule has 3 aromatic rings. The van der Waals surface area contributed by atoms with E-state index >= 15 is 0 Å². The Labute approximate surface area is 126 Å². The quantitative estimate of drug-likeness (QED) is 0.449. The number of fused-ring (bicyclic) bond motifs is 2. The summed E-state index contributed by atoms with van der Waals surface area (Å²) in [5.74, 6) is 0.571. The average molecular weight is 277 g/mol. The monoisotopic (exact) mass is 277 g/mol. The van der Waals surface area contributed by atoms with E-state index < -0.39 is 0 Å². The predicted octanol–water partition coefficient (Wildman–Crippen LogP) is 5.66. The van der Waals surface area contributed by atoms with Gasteiger partial charge in [0.05, 0.1) is 6.92 Å². The van der Waals surface area contributed by atoms with Gasteiger partial charge in [0.1, 0.15) is 11.7 Å². The van der Waals surface area contributed by atoms with Crippen LogP contribution in [0.5, 0.6) is 5.75 Å². The fourth-order valence-corrected chi connectivity index (χ4v) is 2.72. The van der Waals surface area contributed by atoms with Crippen LogP contribution >= 0.6 is 0 Å². The maximum atomic E-state index is 9.60. The lowest BCUT2D eigenvalue weighted by atomic mass is 9.77. The van der Waals surface area contributed by atoms with E-state index in [1.807, 2.05) is 12.1 Å². The largest absolute Gasteiger partial charge is 0.508 e. The van der Waals surface area contributed by atoms with Crippen molar-refractivity contribution in [3.63, 3.8) is 0 Å². The summed E-state index contributed by atoms with van der Waals surface area (Å²) in [5.41, 5.74) is 1.42. The van der Waals surface area contributed by atoms with Crippen LogP contribution in [0, 0.1) is 12.3 Å². The van der Waals surface area contributed by atoms with Gasteiger partial charge < -0.3 is 5.11 Å². The first-order chi connectivity index (χ1) is 9.84. The van der Waals surface area contributed by atoms with E-state index in [0.29, 0.717) is 5.75 Å². The molecule has 0 amide bonds. The van der Waals surface area contributed by atoms with E-state index in [4.69, 9.17) is 0 Å². The molecule has 3 aromatic carbocycles. The number of rotatable bonds is 1. The number of aromatic hydroxyl groups is 1. The first kappa shape index (κ1) is 13.8. The second-order valence-corrected chi connectivity index (χ2v) is 6.91. The van der Waals surface area contributed by atoms with Crippen molar-refractivity contribution in [1.29, 1.82) is 0 Å². The molecule has 3 rings (SSSR count). The summed E-state index contributed by atoms with van der Waals surface area (Å²) in [6.07, 6.45) is 0. The highest BCUT2D eigenvalue weighted by Gasteiger charge is 2.27. The van der Waals surface area contributed by atoms with Gasteiger partial charge in [-0.15, -0.1) is 0 Å². The lowest BCUT2D eigenvalue weighted by Crippen LogP contribution is -2.15. The van der Waals surface area contributed by atoms with Crippen LogP contribution in [0.4, 0.5) is 0 Å². The van der Waals surface area contributed by atoms with Crippen LogP contribution in [-0.4, -0.2) is 5.11 Å². The maximum absolute atomic E-state index is 9.60. The summed E-state index contributed by atoms with van der Waals surface area (Å²) in [5, 5.41) is 14.2. The Balaban J connectivity index is 2.17. The van der Waals surface area contributed by atoms with Gasteiger partial charge in [-0.25, -0.2) is 0 Å². The smallest absolute Gasteiger partial charge is 0.125 e. The molecule has 0 aliphatic carbocycles. The molecule has 21 heavy (non-hydrogen) atoms. The topological polar surface area (TPSA) is 20.2 Å². The molecule has 0 aliphatic rings. The zero-order valence-corrected chi connectivity index (χ0v) is 12.9. The van der Waals surface area contributed by atoms with E-state index in [9.17, 15) is 5.11 Å². The molecule has 1 heteroatoms. The minimum atomic E-state index is 0.149. The molecule has 1 N–H and O–H groups in total. The highest BCUT2D eigenvalue weighted by Crippen LogP contribution is 2.36. The molecule has 106 valence electrons. The molecular weight excluding hydrogens is 256 g/mol. The van der Waals surface area contributed by atoms with E-state index in [-0.39, 0.29) is 11.3 Å². The lowest BCUT2D eigenvalue weighted by molar-refractivity contribution is 0.364. The van der Waals surface area contributed by atoms with Crippen molar-refractivity contribution in [2.24, 2.45) is 5.41 Å². The molecular formula is C20H21O+. The van der Waals surface area contributed by atoms with E-state index in [0.717, 1.165) is 10.8 Å². The fraction of sp³-hybridized carbons (Fsp3) is 0.250. The fourth-order valence-electron chi connectivity index (χ4n) is 2.72. The van der Waals surface area contributed by atoms with Gasteiger partial charge in [0, 0.05) is 11.0 Å². The van der Waals surface area contributed by atoms with Gasteiger partial charge in [-0.05, 0) is 51.9 Å². The molecule has 0 fully saturated rings. The van der Waals surface area contributed by atoms with Crippen molar-refractivity contribution < 1.29 is 5.11 Å². The number of benzene rings is 3. The first-order valence-electron chi connectivity index (χ1n) is 7.34. The molecule has 1 atom stereocenters. The Kier molecular flexibility index (Phi) is 3.09. The van der Waals surface area contributed by atoms with Crippen LogP contribution in [0.1, 0.15) is 32.3 Å². The SMILES string of the molecule is [CH2+]C(c1ccc2cc3cc(O)ccc3cc2c1)C(C)(C)C. The summed E-state index contributed by atoms with van der Waals surface area (Å²) in [4.78, 5) is 0. The highest BCUT2D eigenvalue weighted by molar-refractivity contribution is 5.98. The zero-order chi connectivity index (χ0) is 15.2. The van der Waals surface area contributed by atoms with Crippen molar-refractivity contribution >= 4 is 21.5 Å². The van der Waals surface area contributed by atoms with E-state index in [1.165, 1.54) is 16.3 Å². The third-order valence-electron chi connectivity index (χ3n) is 4.25. The Morgan fingerprint density at radius 3 is 2.00 bits per heavy atom. The minimum Gasteiger partial charge on any atom is -0.508 e. The number of phenolic OH excluding ortho intramolecular Hbond substituents is 1. The molecule has 1 nitrogen and oxygen atoms in total. The van der Waals surface area contributed by atoms with Gasteiger partial charge >= 0.3 is 0 Å². The Bertz CT molecular complexity index is 809. The molecule has 0 saturated carbocycles. The van der Waals surface area contributed by atoms with Crippen molar-refractivity contribution in [2.45, 2.75) is 26.7 Å². The lowest BCUT2D eigenvalue weighted by Gasteiger charge is -2.22. The molecule has 0 spiro atoms. The summed E-state index contributed by atoms with van der Waals surface area (Å²) < 4.78 is 0. The minimum absolute atomic E-state index is 0.149. The van der Waals surface area contributed by atoms with Crippen LogP contribution in [-0.2, 0) is 0 Å². The van der Waals surface area contributed by atoms with Gasteiger partial charge in [-0.1, -0.05) is 39.0 Å². The van der Waals surface area contributed by atoms with Crippen molar-refractivity contribution in [2.75, 3.05) is 0 Å². The Morgan fingerprint density at radius 1 is 0.810 bits per heavy atom. The normalized spacial score (nSPS) is 13.7. The molecule has 0 saturated heterocycles. The molecule has 0 heterocycles. The van der Waals surface area contributed by atoms with Crippen molar-refractivity contribution in [1.82, 2.24) is 0 Å². The summed E-state index contributed by atoms with van der Waals surface area (Å²) in [6, 6.07) is 16.4. The third kappa shape index (κ3) is 2.56. The van der Waals surface area contributed by atoms with Crippen molar-refractivity contribution in [3.05, 3.63) is 61.0 Å². The first-order valence-corrected chi connectivity index (χ1v) is 7.34. The van der Waals surface area contributed by atoms with E-state index in [1.54, 1.807) is 6.07 Å². The van der Waals surface area contributed by atoms with Gasteiger partial charge in [-0.2, -0.15) is 0 Å². The summed E-state index contributed by atoms with van der Waals surface area (Å²) in [6.45, 7) is 11.0. The van der Waals surface area contributed by atoms with Crippen molar-refractivity contribution in [3.8, 4) is 5.75 Å². The summed E-state index contributed by atoms with van der Waals surface area (Å²) >= 11 is 0. The average Bonchev–Trinajstić information content (AvgIpc) is 2.42. The van der Waals surface area contributed by atoms with Crippen LogP contribution in [0.15, 0.2) is 48.5 Å². The molecule has 0 aromatic heterocycles. The van der Waals surface area contributed by atoms with Gasteiger partial charge in [0.15, 0.2) is 0 Å². The second-order valence-electron chi connectivity index (χ2n) is 6.91. The predicted molar refractivity (Wildman–Crippen MR) is 90.7 cm³/mol. The molecule has 0 bridgehead atoms. The van der Waals surface area contributed by atoms with E-state index in [2.05, 4.69) is 58.0 Å². The van der Waals surface area contributed by atoms with Crippen LogP contribution < -0.4 is 0 Å². The molecule has 0 radical (unpaired) electrons.